The Kier molecular flexibility index (Phi) is 3.65. The van der Waals surface area contributed by atoms with E-state index in [-0.39, 0.29) is 0 Å². The summed E-state index contributed by atoms with van der Waals surface area (Å²) in [6.45, 7) is 6.34. The van der Waals surface area contributed by atoms with E-state index in [1.807, 2.05) is 12.3 Å². The van der Waals surface area contributed by atoms with Gasteiger partial charge in [-0.15, -0.1) is 0 Å². The summed E-state index contributed by atoms with van der Waals surface area (Å²) in [6, 6.07) is 8.35. The van der Waals surface area contributed by atoms with Crippen LogP contribution in [-0.2, 0) is 20.1 Å². The SMILES string of the molecule is CCn1c([C@H]2CCN(Cc3cccn3C)C2)nc2cccnc21. The van der Waals surface area contributed by atoms with Gasteiger partial charge in [-0.25, -0.2) is 9.97 Å². The lowest BCUT2D eigenvalue weighted by atomic mass is 10.1. The van der Waals surface area contributed by atoms with Gasteiger partial charge >= 0.3 is 0 Å². The van der Waals surface area contributed by atoms with Gasteiger partial charge in [0.15, 0.2) is 5.65 Å². The summed E-state index contributed by atoms with van der Waals surface area (Å²) < 4.78 is 4.49. The van der Waals surface area contributed by atoms with E-state index >= 15 is 0 Å². The van der Waals surface area contributed by atoms with Crippen molar-refractivity contribution in [3.8, 4) is 0 Å². The van der Waals surface area contributed by atoms with Gasteiger partial charge in [-0.3, -0.25) is 4.90 Å². The van der Waals surface area contributed by atoms with E-state index in [2.05, 4.69) is 57.4 Å². The molecule has 4 rings (SSSR count). The lowest BCUT2D eigenvalue weighted by molar-refractivity contribution is 0.317. The second kappa shape index (κ2) is 5.81. The average Bonchev–Trinajstić information content (AvgIpc) is 3.26. The van der Waals surface area contributed by atoms with Gasteiger partial charge in [-0.1, -0.05) is 0 Å². The number of hydrogen-bond donors (Lipinski definition) is 0. The number of likely N-dealkylation sites (tertiary alicyclic amines) is 1. The lowest BCUT2D eigenvalue weighted by Gasteiger charge is -2.17. The second-order valence-electron chi connectivity index (χ2n) is 6.39. The van der Waals surface area contributed by atoms with Crippen LogP contribution in [0.4, 0.5) is 0 Å². The van der Waals surface area contributed by atoms with Crippen molar-refractivity contribution in [3.63, 3.8) is 0 Å². The van der Waals surface area contributed by atoms with Crippen LogP contribution in [0.1, 0.15) is 30.8 Å². The summed E-state index contributed by atoms with van der Waals surface area (Å²) in [6.07, 6.45) is 5.15. The Balaban J connectivity index is 1.57. The summed E-state index contributed by atoms with van der Waals surface area (Å²) in [5, 5.41) is 0. The standard InChI is InChI=1S/C18H23N5/c1-3-23-17(20-16-7-4-9-19-18(16)23)14-8-11-22(12-14)13-15-6-5-10-21(15)2/h4-7,9-10,14H,3,8,11-13H2,1-2H3/t14-/m0/s1. The topological polar surface area (TPSA) is 38.9 Å². The van der Waals surface area contributed by atoms with Crippen LogP contribution in [0, 0.1) is 0 Å². The van der Waals surface area contributed by atoms with Crippen LogP contribution in [0.15, 0.2) is 36.7 Å². The molecule has 5 nitrogen and oxygen atoms in total. The molecule has 0 bridgehead atoms. The molecule has 1 atom stereocenters. The van der Waals surface area contributed by atoms with Crippen LogP contribution in [0.3, 0.4) is 0 Å². The number of pyridine rings is 1. The van der Waals surface area contributed by atoms with Gasteiger partial charge in [0.05, 0.1) is 0 Å². The summed E-state index contributed by atoms with van der Waals surface area (Å²) >= 11 is 0. The Hall–Kier alpha value is -2.14. The first-order chi connectivity index (χ1) is 11.3. The van der Waals surface area contributed by atoms with Crippen LogP contribution in [0.25, 0.3) is 11.2 Å². The van der Waals surface area contributed by atoms with E-state index in [4.69, 9.17) is 4.98 Å². The highest BCUT2D eigenvalue weighted by atomic mass is 15.2. The molecule has 120 valence electrons. The van der Waals surface area contributed by atoms with Gasteiger partial charge < -0.3 is 9.13 Å². The van der Waals surface area contributed by atoms with Crippen LogP contribution in [0.5, 0.6) is 0 Å². The zero-order valence-corrected chi connectivity index (χ0v) is 13.8. The monoisotopic (exact) mass is 309 g/mol. The van der Waals surface area contributed by atoms with E-state index in [1.165, 1.54) is 17.9 Å². The third-order valence-electron chi connectivity index (χ3n) is 4.92. The first-order valence-electron chi connectivity index (χ1n) is 8.40. The Morgan fingerprint density at radius 3 is 2.96 bits per heavy atom. The molecule has 1 saturated heterocycles. The summed E-state index contributed by atoms with van der Waals surface area (Å²) in [5.74, 6) is 1.71. The number of aromatic nitrogens is 4. The maximum absolute atomic E-state index is 4.88. The van der Waals surface area contributed by atoms with E-state index in [0.717, 1.165) is 37.3 Å². The van der Waals surface area contributed by atoms with Gasteiger partial charge in [-0.05, 0) is 44.2 Å². The molecule has 3 aromatic heterocycles. The molecule has 0 unspecified atom stereocenters. The fraction of sp³-hybridized carbons (Fsp3) is 0.444. The molecule has 3 aromatic rings. The van der Waals surface area contributed by atoms with E-state index in [0.29, 0.717) is 5.92 Å². The molecule has 0 aliphatic carbocycles. The molecule has 23 heavy (non-hydrogen) atoms. The predicted molar refractivity (Wildman–Crippen MR) is 91.3 cm³/mol. The minimum Gasteiger partial charge on any atom is -0.353 e. The van der Waals surface area contributed by atoms with Crippen LogP contribution >= 0.6 is 0 Å². The van der Waals surface area contributed by atoms with Crippen LogP contribution in [-0.4, -0.2) is 37.1 Å². The normalized spacial score (nSPS) is 19.0. The van der Waals surface area contributed by atoms with Gasteiger partial charge in [0.2, 0.25) is 0 Å². The number of fused-ring (bicyclic) bond motifs is 1. The van der Waals surface area contributed by atoms with Crippen molar-refractivity contribution in [3.05, 3.63) is 48.2 Å². The Morgan fingerprint density at radius 1 is 1.26 bits per heavy atom. The molecular formula is C18H23N5. The van der Waals surface area contributed by atoms with E-state index in [1.54, 1.807) is 0 Å². The maximum Gasteiger partial charge on any atom is 0.159 e. The number of imidazole rings is 1. The highest BCUT2D eigenvalue weighted by Crippen LogP contribution is 2.29. The molecule has 0 saturated carbocycles. The molecule has 1 fully saturated rings. The molecular weight excluding hydrogens is 286 g/mol. The Morgan fingerprint density at radius 2 is 2.17 bits per heavy atom. The van der Waals surface area contributed by atoms with Gasteiger partial charge in [0.25, 0.3) is 0 Å². The van der Waals surface area contributed by atoms with Crippen molar-refractivity contribution in [2.45, 2.75) is 32.4 Å². The van der Waals surface area contributed by atoms with Gasteiger partial charge in [0.1, 0.15) is 11.3 Å². The Bertz CT molecular complexity index is 816. The fourth-order valence-electron chi connectivity index (χ4n) is 3.68. The molecule has 5 heteroatoms. The van der Waals surface area contributed by atoms with E-state index < -0.39 is 0 Å². The third kappa shape index (κ3) is 2.55. The molecule has 1 aliphatic rings. The van der Waals surface area contributed by atoms with Crippen molar-refractivity contribution in [2.24, 2.45) is 7.05 Å². The minimum absolute atomic E-state index is 0.504. The summed E-state index contributed by atoms with van der Waals surface area (Å²) in [4.78, 5) is 11.9. The molecule has 1 aliphatic heterocycles. The summed E-state index contributed by atoms with van der Waals surface area (Å²) in [7, 11) is 2.12. The smallest absolute Gasteiger partial charge is 0.159 e. The van der Waals surface area contributed by atoms with E-state index in [9.17, 15) is 0 Å². The maximum atomic E-state index is 4.88. The second-order valence-corrected chi connectivity index (χ2v) is 6.39. The van der Waals surface area contributed by atoms with Crippen molar-refractivity contribution >= 4 is 11.2 Å². The molecule has 0 amide bonds. The zero-order chi connectivity index (χ0) is 15.8. The number of rotatable bonds is 4. The highest BCUT2D eigenvalue weighted by Gasteiger charge is 2.28. The largest absolute Gasteiger partial charge is 0.353 e. The third-order valence-corrected chi connectivity index (χ3v) is 4.92. The number of aryl methyl sites for hydroxylation is 2. The fourth-order valence-corrected chi connectivity index (χ4v) is 3.68. The van der Waals surface area contributed by atoms with Crippen molar-refractivity contribution in [2.75, 3.05) is 13.1 Å². The molecule has 0 N–H and O–H groups in total. The Labute approximate surface area is 136 Å². The average molecular weight is 309 g/mol. The minimum atomic E-state index is 0.504. The highest BCUT2D eigenvalue weighted by molar-refractivity contribution is 5.71. The van der Waals surface area contributed by atoms with Crippen LogP contribution in [0.2, 0.25) is 0 Å². The molecule has 0 spiro atoms. The first kappa shape index (κ1) is 14.5. The van der Waals surface area contributed by atoms with Gasteiger partial charge in [-0.2, -0.15) is 0 Å². The van der Waals surface area contributed by atoms with Crippen molar-refractivity contribution in [1.29, 1.82) is 0 Å². The van der Waals surface area contributed by atoms with Gasteiger partial charge in [0, 0.05) is 50.7 Å². The predicted octanol–water partition coefficient (Wildman–Crippen LogP) is 2.78. The van der Waals surface area contributed by atoms with Crippen LogP contribution < -0.4 is 0 Å². The quantitative estimate of drug-likeness (QED) is 0.744. The molecule has 0 aromatic carbocycles. The molecule has 4 heterocycles. The van der Waals surface area contributed by atoms with Crippen molar-refractivity contribution < 1.29 is 0 Å². The number of nitrogens with zero attached hydrogens (tertiary/aromatic N) is 5. The first-order valence-corrected chi connectivity index (χ1v) is 8.40. The van der Waals surface area contributed by atoms with Crippen molar-refractivity contribution in [1.82, 2.24) is 24.0 Å². The summed E-state index contributed by atoms with van der Waals surface area (Å²) in [5.41, 5.74) is 3.41. The zero-order valence-electron chi connectivity index (χ0n) is 13.8. The molecule has 0 radical (unpaired) electrons. The number of hydrogen-bond acceptors (Lipinski definition) is 3. The lowest BCUT2D eigenvalue weighted by Crippen LogP contribution is -2.21.